The Labute approximate surface area is 60.7 Å². The molecule has 46 valence electrons. The van der Waals surface area contributed by atoms with Gasteiger partial charge in [-0.05, 0) is 0 Å². The molecule has 0 aliphatic carbocycles. The summed E-state index contributed by atoms with van der Waals surface area (Å²) in [6, 6.07) is 0. The van der Waals surface area contributed by atoms with Crippen LogP contribution < -0.4 is 0 Å². The fourth-order valence-corrected chi connectivity index (χ4v) is 2.04. The van der Waals surface area contributed by atoms with Crippen LogP contribution in [0.3, 0.4) is 0 Å². The molecular formula is C7H7AsO. The first kappa shape index (κ1) is 6.70. The van der Waals surface area contributed by atoms with Crippen LogP contribution in [0.2, 0.25) is 0 Å². The van der Waals surface area contributed by atoms with Gasteiger partial charge in [0.05, 0.1) is 0 Å². The van der Waals surface area contributed by atoms with Gasteiger partial charge in [-0.2, -0.15) is 0 Å². The molecule has 1 nitrogen and oxygen atoms in total. The Bertz CT molecular complexity index is 211. The van der Waals surface area contributed by atoms with Crippen LogP contribution in [0, 0.1) is 0 Å². The molecule has 0 fully saturated rings. The molecule has 0 aromatic heterocycles. The van der Waals surface area contributed by atoms with E-state index in [1.54, 1.807) is 6.92 Å². The molecule has 0 amide bonds. The Kier molecular flexibility index (Phi) is 2.18. The van der Waals surface area contributed by atoms with Crippen molar-refractivity contribution in [2.45, 2.75) is 6.92 Å². The molecule has 1 aliphatic heterocycles. The summed E-state index contributed by atoms with van der Waals surface area (Å²) in [5, 5.41) is 0. The monoisotopic (exact) mass is 182 g/mol. The SMILES string of the molecule is CC(=O)C1=[As]C=CC=C1. The molecule has 9 heavy (non-hydrogen) atoms. The van der Waals surface area contributed by atoms with Crippen LogP contribution >= 0.6 is 0 Å². The fraction of sp³-hybridized carbons (Fsp3) is 0.143. The minimum atomic E-state index is 0.0396. The molecule has 1 heterocycles. The minimum absolute atomic E-state index is 0.0396. The molecule has 0 spiro atoms. The zero-order valence-electron chi connectivity index (χ0n) is 5.16. The molecular weight excluding hydrogens is 175 g/mol. The van der Waals surface area contributed by atoms with Crippen molar-refractivity contribution in [1.29, 1.82) is 0 Å². The summed E-state index contributed by atoms with van der Waals surface area (Å²) in [5.74, 6) is 0.218. The zero-order chi connectivity index (χ0) is 6.69. The van der Waals surface area contributed by atoms with Gasteiger partial charge in [-0.15, -0.1) is 0 Å². The molecule has 1 aliphatic rings. The van der Waals surface area contributed by atoms with E-state index in [4.69, 9.17) is 0 Å². The van der Waals surface area contributed by atoms with Crippen LogP contribution in [0.4, 0.5) is 0 Å². The average Bonchev–Trinajstić information content (AvgIpc) is 1.90. The molecule has 0 aromatic rings. The van der Waals surface area contributed by atoms with E-state index in [1.807, 2.05) is 18.2 Å². The van der Waals surface area contributed by atoms with Crippen molar-refractivity contribution >= 4 is 25.4 Å². The Morgan fingerprint density at radius 3 is 2.67 bits per heavy atom. The van der Waals surface area contributed by atoms with Crippen LogP contribution in [0.1, 0.15) is 6.92 Å². The quantitative estimate of drug-likeness (QED) is 0.541. The fourth-order valence-electron chi connectivity index (χ4n) is 0.571. The standard InChI is InChI=1S/C7H7AsO/c1-6(9)7-4-2-3-5-8-7/h2-5H,1H3. The van der Waals surface area contributed by atoms with E-state index in [0.717, 1.165) is 4.30 Å². The second-order valence-corrected chi connectivity index (χ2v) is 3.95. The predicted molar refractivity (Wildman–Crippen MR) is 39.7 cm³/mol. The number of ketones is 1. The van der Waals surface area contributed by atoms with Gasteiger partial charge < -0.3 is 0 Å². The molecule has 0 unspecified atom stereocenters. The summed E-state index contributed by atoms with van der Waals surface area (Å²) in [6.45, 7) is 1.62. The van der Waals surface area contributed by atoms with E-state index in [2.05, 4.69) is 4.86 Å². The Hall–Kier alpha value is -0.422. The first-order valence-electron chi connectivity index (χ1n) is 2.72. The van der Waals surface area contributed by atoms with Crippen molar-refractivity contribution in [1.82, 2.24) is 0 Å². The summed E-state index contributed by atoms with van der Waals surface area (Å²) in [7, 11) is 0. The molecule has 0 N–H and O–H groups in total. The van der Waals surface area contributed by atoms with Gasteiger partial charge in [0.1, 0.15) is 0 Å². The van der Waals surface area contributed by atoms with E-state index < -0.39 is 0 Å². The van der Waals surface area contributed by atoms with Crippen LogP contribution in [0.5, 0.6) is 0 Å². The van der Waals surface area contributed by atoms with E-state index in [0.29, 0.717) is 0 Å². The summed E-state index contributed by atoms with van der Waals surface area (Å²) >= 11 is 0.0396. The van der Waals surface area contributed by atoms with Crippen molar-refractivity contribution in [3.8, 4) is 0 Å². The Balaban J connectivity index is 2.84. The third-order valence-electron chi connectivity index (χ3n) is 1.03. The van der Waals surface area contributed by atoms with E-state index in [-0.39, 0.29) is 21.1 Å². The van der Waals surface area contributed by atoms with Gasteiger partial charge >= 0.3 is 60.2 Å². The summed E-state index contributed by atoms with van der Waals surface area (Å²) < 4.78 is 0.994. The van der Waals surface area contributed by atoms with Crippen molar-refractivity contribution in [2.75, 3.05) is 0 Å². The van der Waals surface area contributed by atoms with Gasteiger partial charge in [0.2, 0.25) is 0 Å². The Morgan fingerprint density at radius 1 is 1.56 bits per heavy atom. The average molecular weight is 182 g/mol. The maximum atomic E-state index is 10.7. The molecule has 2 heteroatoms. The number of hydrogen-bond acceptors (Lipinski definition) is 1. The van der Waals surface area contributed by atoms with E-state index >= 15 is 0 Å². The van der Waals surface area contributed by atoms with Crippen molar-refractivity contribution in [3.63, 3.8) is 0 Å². The van der Waals surface area contributed by atoms with E-state index in [1.165, 1.54) is 0 Å². The summed E-state index contributed by atoms with van der Waals surface area (Å²) in [5.41, 5.74) is 0. The molecule has 0 aromatic carbocycles. The normalized spacial score (nSPS) is 17.2. The van der Waals surface area contributed by atoms with Crippen molar-refractivity contribution in [3.05, 3.63) is 23.1 Å². The molecule has 0 bridgehead atoms. The number of Topliss-reactive ketones (excluding diaryl/α,β-unsaturated/α-hetero) is 1. The first-order valence-corrected chi connectivity index (χ1v) is 4.75. The van der Waals surface area contributed by atoms with Gasteiger partial charge in [-0.25, -0.2) is 0 Å². The topological polar surface area (TPSA) is 17.1 Å². The van der Waals surface area contributed by atoms with Crippen LogP contribution in [0.25, 0.3) is 0 Å². The second kappa shape index (κ2) is 2.93. The molecule has 0 atom stereocenters. The predicted octanol–water partition coefficient (Wildman–Crippen LogP) is 0.536. The molecule has 0 saturated heterocycles. The number of carbonyl (C=O) groups excluding carboxylic acids is 1. The first-order chi connectivity index (χ1) is 4.30. The van der Waals surface area contributed by atoms with Crippen molar-refractivity contribution < 1.29 is 4.79 Å². The van der Waals surface area contributed by atoms with Gasteiger partial charge in [-0.3, -0.25) is 0 Å². The van der Waals surface area contributed by atoms with E-state index in [9.17, 15) is 4.79 Å². The zero-order valence-corrected chi connectivity index (χ0v) is 7.04. The van der Waals surface area contributed by atoms with Crippen LogP contribution in [-0.2, 0) is 4.79 Å². The second-order valence-electron chi connectivity index (χ2n) is 1.77. The van der Waals surface area contributed by atoms with Gasteiger partial charge in [0, 0.05) is 0 Å². The molecule has 0 saturated carbocycles. The number of allylic oxidation sites excluding steroid dienone is 3. The molecule has 1 rings (SSSR count). The number of carbonyl (C=O) groups is 1. The van der Waals surface area contributed by atoms with Gasteiger partial charge in [-0.1, -0.05) is 0 Å². The number of hydrogen-bond donors (Lipinski definition) is 0. The maximum absolute atomic E-state index is 10.7. The Morgan fingerprint density at radius 2 is 2.33 bits per heavy atom. The number of rotatable bonds is 1. The summed E-state index contributed by atoms with van der Waals surface area (Å²) in [6.07, 6.45) is 5.81. The molecule has 0 radical (unpaired) electrons. The van der Waals surface area contributed by atoms with Gasteiger partial charge in [0.25, 0.3) is 0 Å². The third kappa shape index (κ3) is 1.76. The van der Waals surface area contributed by atoms with Gasteiger partial charge in [0.15, 0.2) is 0 Å². The van der Waals surface area contributed by atoms with Crippen molar-refractivity contribution in [2.24, 2.45) is 0 Å². The van der Waals surface area contributed by atoms with Crippen LogP contribution in [-0.4, -0.2) is 25.4 Å². The summed E-state index contributed by atoms with van der Waals surface area (Å²) in [4.78, 5) is 12.8. The third-order valence-corrected chi connectivity index (χ3v) is 3.26. The van der Waals surface area contributed by atoms with Crippen LogP contribution in [0.15, 0.2) is 23.1 Å².